The first-order valence-electron chi connectivity index (χ1n) is 8.20. The van der Waals surface area contributed by atoms with Crippen LogP contribution < -0.4 is 10.6 Å². The summed E-state index contributed by atoms with van der Waals surface area (Å²) < 4.78 is 7.04. The molecule has 8 heteroatoms. The number of allylic oxidation sites excluding steroid dienone is 3. The molecule has 0 aliphatic carbocycles. The maximum absolute atomic E-state index is 12.7. The third-order valence-corrected chi connectivity index (χ3v) is 4.15. The van der Waals surface area contributed by atoms with Gasteiger partial charge in [-0.05, 0) is 19.1 Å². The molecule has 136 valence electrons. The van der Waals surface area contributed by atoms with E-state index < -0.39 is 0 Å². The molecule has 26 heavy (non-hydrogen) atoms. The van der Waals surface area contributed by atoms with E-state index in [1.165, 1.54) is 6.08 Å². The van der Waals surface area contributed by atoms with Gasteiger partial charge < -0.3 is 15.4 Å². The van der Waals surface area contributed by atoms with Crippen LogP contribution in [-0.2, 0) is 9.53 Å². The Bertz CT molecular complexity index is 874. The number of fused-ring (bicyclic) bond motifs is 1. The highest BCUT2D eigenvalue weighted by Crippen LogP contribution is 2.14. The molecule has 0 saturated carbocycles. The Hall–Kier alpha value is -2.64. The average molecular weight is 375 g/mol. The summed E-state index contributed by atoms with van der Waals surface area (Å²) in [6.45, 7) is 2.54. The zero-order valence-electron chi connectivity index (χ0n) is 14.2. The smallest absolute Gasteiger partial charge is 0.268 e. The van der Waals surface area contributed by atoms with Crippen molar-refractivity contribution in [3.8, 4) is 0 Å². The van der Waals surface area contributed by atoms with Gasteiger partial charge in [-0.1, -0.05) is 35.9 Å². The lowest BCUT2D eigenvalue weighted by Gasteiger charge is -2.20. The van der Waals surface area contributed by atoms with Crippen LogP contribution in [0.4, 0.5) is 0 Å². The fourth-order valence-corrected chi connectivity index (χ4v) is 2.92. The molecule has 1 saturated heterocycles. The Morgan fingerprint density at radius 1 is 1.27 bits per heavy atom. The fourth-order valence-electron chi connectivity index (χ4n) is 2.73. The summed E-state index contributed by atoms with van der Waals surface area (Å²) in [6.07, 6.45) is 8.27. The van der Waals surface area contributed by atoms with E-state index in [-0.39, 0.29) is 23.9 Å². The molecule has 3 rings (SSSR count). The van der Waals surface area contributed by atoms with Gasteiger partial charge in [-0.2, -0.15) is 0 Å². The molecule has 3 heterocycles. The molecule has 7 nitrogen and oxygen atoms in total. The number of amides is 2. The van der Waals surface area contributed by atoms with Crippen molar-refractivity contribution in [3.05, 3.63) is 59.5 Å². The minimum atomic E-state index is -0.323. The van der Waals surface area contributed by atoms with Crippen LogP contribution >= 0.6 is 11.6 Å². The van der Waals surface area contributed by atoms with Crippen molar-refractivity contribution in [1.82, 2.24) is 20.0 Å². The van der Waals surface area contributed by atoms with E-state index in [0.717, 1.165) is 0 Å². The minimum absolute atomic E-state index is 0.235. The number of ether oxygens (including phenoxy) is 1. The van der Waals surface area contributed by atoms with Gasteiger partial charge in [-0.15, -0.1) is 0 Å². The summed E-state index contributed by atoms with van der Waals surface area (Å²) in [5, 5.41) is 6.07. The van der Waals surface area contributed by atoms with E-state index in [1.54, 1.807) is 40.9 Å². The fraction of sp³-hybridized carbons (Fsp3) is 0.278. The largest absolute Gasteiger partial charge is 0.377 e. The zero-order chi connectivity index (χ0) is 18.5. The van der Waals surface area contributed by atoms with Gasteiger partial charge in [0.15, 0.2) is 0 Å². The summed E-state index contributed by atoms with van der Waals surface area (Å²) >= 11 is 5.92. The number of hydrogen-bond donors (Lipinski definition) is 2. The molecule has 0 unspecified atom stereocenters. The first kappa shape index (κ1) is 18.2. The third kappa shape index (κ3) is 4.12. The van der Waals surface area contributed by atoms with Crippen molar-refractivity contribution in [3.63, 3.8) is 0 Å². The molecule has 2 atom stereocenters. The zero-order valence-corrected chi connectivity index (χ0v) is 14.9. The van der Waals surface area contributed by atoms with Gasteiger partial charge in [0, 0.05) is 12.3 Å². The van der Waals surface area contributed by atoms with E-state index in [0.29, 0.717) is 29.7 Å². The second-order valence-corrected chi connectivity index (χ2v) is 6.21. The predicted octanol–water partition coefficient (Wildman–Crippen LogP) is 1.73. The highest BCUT2D eigenvalue weighted by molar-refractivity contribution is 6.29. The summed E-state index contributed by atoms with van der Waals surface area (Å²) in [5.41, 5.74) is 0.996. The Labute approximate surface area is 155 Å². The predicted molar refractivity (Wildman–Crippen MR) is 98.2 cm³/mol. The number of hydrogen-bond acceptors (Lipinski definition) is 4. The van der Waals surface area contributed by atoms with Crippen molar-refractivity contribution in [2.24, 2.45) is 0 Å². The van der Waals surface area contributed by atoms with Crippen LogP contribution in [0.1, 0.15) is 17.4 Å². The molecule has 2 amide bonds. The molecule has 1 aliphatic heterocycles. The van der Waals surface area contributed by atoms with Crippen LogP contribution in [0.15, 0.2) is 48.7 Å². The van der Waals surface area contributed by atoms with E-state index >= 15 is 0 Å². The summed E-state index contributed by atoms with van der Waals surface area (Å²) in [7, 11) is 0. The van der Waals surface area contributed by atoms with Crippen molar-refractivity contribution >= 4 is 29.1 Å². The maximum atomic E-state index is 12.7. The molecule has 0 spiro atoms. The second kappa shape index (κ2) is 8.16. The lowest BCUT2D eigenvalue weighted by atomic mass is 10.1. The lowest BCUT2D eigenvalue weighted by Crippen LogP contribution is -2.50. The number of aromatic nitrogens is 2. The normalized spacial score (nSPS) is 20.2. The highest BCUT2D eigenvalue weighted by atomic mass is 35.5. The van der Waals surface area contributed by atoms with Gasteiger partial charge in [-0.3, -0.25) is 14.0 Å². The molecule has 0 radical (unpaired) electrons. The van der Waals surface area contributed by atoms with Crippen LogP contribution in [0.2, 0.25) is 5.15 Å². The quantitative estimate of drug-likeness (QED) is 0.616. The highest BCUT2D eigenvalue weighted by Gasteiger charge is 2.31. The molecule has 1 aliphatic rings. The van der Waals surface area contributed by atoms with Crippen LogP contribution in [0.25, 0.3) is 5.65 Å². The van der Waals surface area contributed by atoms with Gasteiger partial charge in [0.25, 0.3) is 5.91 Å². The van der Waals surface area contributed by atoms with Crippen LogP contribution in [0.3, 0.4) is 0 Å². The molecule has 2 N–H and O–H groups in total. The molecule has 0 bridgehead atoms. The number of carbonyl (C=O) groups excluding carboxylic acids is 2. The lowest BCUT2D eigenvalue weighted by molar-refractivity contribution is -0.117. The summed E-state index contributed by atoms with van der Waals surface area (Å²) in [6, 6.07) is 4.57. The number of halogens is 1. The van der Waals surface area contributed by atoms with E-state index in [9.17, 15) is 9.59 Å². The Morgan fingerprint density at radius 3 is 2.81 bits per heavy atom. The first-order chi connectivity index (χ1) is 12.6. The summed E-state index contributed by atoms with van der Waals surface area (Å²) in [5.74, 6) is -0.523. The van der Waals surface area contributed by atoms with E-state index in [4.69, 9.17) is 16.3 Å². The van der Waals surface area contributed by atoms with Crippen LogP contribution in [0, 0.1) is 0 Å². The molecule has 0 aromatic carbocycles. The monoisotopic (exact) mass is 374 g/mol. The number of nitrogens with one attached hydrogen (secondary N) is 2. The molecule has 1 fully saturated rings. The topological polar surface area (TPSA) is 84.7 Å². The van der Waals surface area contributed by atoms with Crippen LogP contribution in [-0.4, -0.2) is 46.5 Å². The van der Waals surface area contributed by atoms with Gasteiger partial charge in [0.2, 0.25) is 5.91 Å². The van der Waals surface area contributed by atoms with Gasteiger partial charge in [0.05, 0.1) is 25.3 Å². The average Bonchev–Trinajstić information content (AvgIpc) is 3.20. The van der Waals surface area contributed by atoms with E-state index in [2.05, 4.69) is 15.6 Å². The van der Waals surface area contributed by atoms with Crippen molar-refractivity contribution < 1.29 is 14.3 Å². The minimum Gasteiger partial charge on any atom is -0.377 e. The third-order valence-electron chi connectivity index (χ3n) is 3.97. The first-order valence-corrected chi connectivity index (χ1v) is 8.58. The van der Waals surface area contributed by atoms with Gasteiger partial charge >= 0.3 is 0 Å². The Balaban J connectivity index is 1.68. The SMILES string of the molecule is C/C=C/C=C/C(=O)N[C@@H]1COC[C@@H]1NC(=O)c1cccc2nc(Cl)cn12. The number of imidazole rings is 1. The van der Waals surface area contributed by atoms with Gasteiger partial charge in [-0.25, -0.2) is 4.98 Å². The number of pyridine rings is 1. The van der Waals surface area contributed by atoms with Crippen LogP contribution in [0.5, 0.6) is 0 Å². The van der Waals surface area contributed by atoms with Crippen molar-refractivity contribution in [1.29, 1.82) is 0 Å². The molecule has 2 aromatic rings. The maximum Gasteiger partial charge on any atom is 0.268 e. The molecular formula is C18H19ClN4O3. The molecule has 2 aromatic heterocycles. The van der Waals surface area contributed by atoms with Crippen molar-refractivity contribution in [2.45, 2.75) is 19.0 Å². The number of rotatable bonds is 5. The second-order valence-electron chi connectivity index (χ2n) is 5.82. The number of carbonyl (C=O) groups is 2. The standard InChI is InChI=1S/C18H19ClN4O3/c1-2-3-4-8-17(24)20-12-10-26-11-13(12)21-18(25)14-6-5-7-16-22-15(19)9-23(14)16/h2-9,12-13H,10-11H2,1H3,(H,20,24)(H,21,25)/b3-2+,8-4+/t12-,13+/m1/s1. The Morgan fingerprint density at radius 2 is 2.04 bits per heavy atom. The summed E-state index contributed by atoms with van der Waals surface area (Å²) in [4.78, 5) is 28.7. The Kier molecular flexibility index (Phi) is 5.70. The molecular weight excluding hydrogens is 356 g/mol. The number of nitrogens with zero attached hydrogens (tertiary/aromatic N) is 2. The van der Waals surface area contributed by atoms with Gasteiger partial charge in [0.1, 0.15) is 16.5 Å². The van der Waals surface area contributed by atoms with E-state index in [1.807, 2.05) is 13.0 Å². The van der Waals surface area contributed by atoms with Crippen molar-refractivity contribution in [2.75, 3.05) is 13.2 Å².